The smallest absolute Gasteiger partial charge is 0.229 e. The minimum Gasteiger partial charge on any atom is -0.393 e. The van der Waals surface area contributed by atoms with Crippen molar-refractivity contribution in [2.45, 2.75) is 25.9 Å². The van der Waals surface area contributed by atoms with Crippen LogP contribution in [0.25, 0.3) is 11.4 Å². The SMILES string of the molecule is CCC(O)Cc1nc(-c2cncc(Br)c2)no1. The van der Waals surface area contributed by atoms with E-state index in [0.717, 1.165) is 10.0 Å². The maximum atomic E-state index is 9.49. The van der Waals surface area contributed by atoms with Crippen LogP contribution in [-0.2, 0) is 6.42 Å². The molecule has 0 bridgehead atoms. The molecule has 0 spiro atoms. The first-order valence-electron chi connectivity index (χ1n) is 5.30. The largest absolute Gasteiger partial charge is 0.393 e. The van der Waals surface area contributed by atoms with Gasteiger partial charge in [0.2, 0.25) is 11.7 Å². The number of hydrogen-bond donors (Lipinski definition) is 1. The van der Waals surface area contributed by atoms with E-state index < -0.39 is 6.10 Å². The molecule has 0 aliphatic carbocycles. The van der Waals surface area contributed by atoms with Crippen LogP contribution >= 0.6 is 15.9 Å². The number of pyridine rings is 1. The van der Waals surface area contributed by atoms with E-state index in [1.165, 1.54) is 0 Å². The van der Waals surface area contributed by atoms with Crippen molar-refractivity contribution in [2.24, 2.45) is 0 Å². The van der Waals surface area contributed by atoms with Crippen molar-refractivity contribution in [3.05, 3.63) is 28.8 Å². The van der Waals surface area contributed by atoms with Crippen LogP contribution < -0.4 is 0 Å². The Morgan fingerprint density at radius 2 is 2.29 bits per heavy atom. The fourth-order valence-corrected chi connectivity index (χ4v) is 1.70. The lowest BCUT2D eigenvalue weighted by molar-refractivity contribution is 0.158. The predicted octanol–water partition coefficient (Wildman–Crippen LogP) is 2.21. The van der Waals surface area contributed by atoms with Crippen LogP contribution in [0.4, 0.5) is 0 Å². The molecule has 1 N–H and O–H groups in total. The lowest BCUT2D eigenvalue weighted by Gasteiger charge is -2.01. The number of aliphatic hydroxyl groups is 1. The highest BCUT2D eigenvalue weighted by molar-refractivity contribution is 9.10. The molecule has 1 unspecified atom stereocenters. The third-order valence-electron chi connectivity index (χ3n) is 2.31. The van der Waals surface area contributed by atoms with Gasteiger partial charge < -0.3 is 9.63 Å². The monoisotopic (exact) mass is 297 g/mol. The van der Waals surface area contributed by atoms with E-state index in [0.29, 0.717) is 24.6 Å². The van der Waals surface area contributed by atoms with Gasteiger partial charge in [0.1, 0.15) is 0 Å². The summed E-state index contributed by atoms with van der Waals surface area (Å²) in [4.78, 5) is 8.24. The maximum Gasteiger partial charge on any atom is 0.229 e. The Labute approximate surface area is 107 Å². The van der Waals surface area contributed by atoms with Gasteiger partial charge in [-0.1, -0.05) is 12.1 Å². The molecule has 0 amide bonds. The Hall–Kier alpha value is -1.27. The summed E-state index contributed by atoms with van der Waals surface area (Å²) >= 11 is 3.33. The van der Waals surface area contributed by atoms with Crippen LogP contribution in [0.15, 0.2) is 27.5 Å². The van der Waals surface area contributed by atoms with Crippen LogP contribution in [0, 0.1) is 0 Å². The molecule has 2 heterocycles. The third kappa shape index (κ3) is 3.10. The molecule has 0 aliphatic rings. The lowest BCUT2D eigenvalue weighted by Crippen LogP contribution is -2.08. The summed E-state index contributed by atoms with van der Waals surface area (Å²) in [5, 5.41) is 13.3. The van der Waals surface area contributed by atoms with Gasteiger partial charge >= 0.3 is 0 Å². The van der Waals surface area contributed by atoms with Crippen LogP contribution in [0.3, 0.4) is 0 Å². The number of nitrogens with zero attached hydrogens (tertiary/aromatic N) is 3. The molecule has 2 aromatic heterocycles. The van der Waals surface area contributed by atoms with Crippen molar-refractivity contribution in [1.29, 1.82) is 0 Å². The molecule has 5 nitrogen and oxygen atoms in total. The quantitative estimate of drug-likeness (QED) is 0.937. The summed E-state index contributed by atoms with van der Waals surface area (Å²) in [6.07, 6.45) is 3.95. The fourth-order valence-electron chi connectivity index (χ4n) is 1.34. The minimum atomic E-state index is -0.441. The average Bonchev–Trinajstić information content (AvgIpc) is 2.77. The van der Waals surface area contributed by atoms with Gasteiger partial charge in [0.05, 0.1) is 12.5 Å². The average molecular weight is 298 g/mol. The van der Waals surface area contributed by atoms with Crippen molar-refractivity contribution in [1.82, 2.24) is 15.1 Å². The molecule has 2 rings (SSSR count). The van der Waals surface area contributed by atoms with E-state index in [-0.39, 0.29) is 0 Å². The molecule has 2 aromatic rings. The molecule has 0 aromatic carbocycles. The fraction of sp³-hybridized carbons (Fsp3) is 0.364. The topological polar surface area (TPSA) is 72.0 Å². The Kier molecular flexibility index (Phi) is 3.86. The molecule has 0 aliphatic heterocycles. The summed E-state index contributed by atoms with van der Waals surface area (Å²) in [6.45, 7) is 1.90. The molecule has 0 radical (unpaired) electrons. The Balaban J connectivity index is 2.18. The highest BCUT2D eigenvalue weighted by Gasteiger charge is 2.12. The zero-order valence-corrected chi connectivity index (χ0v) is 10.9. The summed E-state index contributed by atoms with van der Waals surface area (Å²) in [5.41, 5.74) is 0.778. The van der Waals surface area contributed by atoms with Crippen molar-refractivity contribution in [3.8, 4) is 11.4 Å². The lowest BCUT2D eigenvalue weighted by atomic mass is 10.2. The van der Waals surface area contributed by atoms with Gasteiger partial charge in [-0.3, -0.25) is 4.98 Å². The third-order valence-corrected chi connectivity index (χ3v) is 2.75. The second-order valence-corrected chi connectivity index (χ2v) is 4.59. The molecule has 90 valence electrons. The number of rotatable bonds is 4. The van der Waals surface area contributed by atoms with Gasteiger partial charge in [-0.15, -0.1) is 0 Å². The van der Waals surface area contributed by atoms with Gasteiger partial charge in [-0.05, 0) is 28.4 Å². The Bertz CT molecular complexity index is 501. The van der Waals surface area contributed by atoms with Gasteiger partial charge in [0.25, 0.3) is 0 Å². The molecule has 1 atom stereocenters. The molecule has 17 heavy (non-hydrogen) atoms. The predicted molar refractivity (Wildman–Crippen MR) is 65.2 cm³/mol. The summed E-state index contributed by atoms with van der Waals surface area (Å²) in [6, 6.07) is 1.86. The summed E-state index contributed by atoms with van der Waals surface area (Å²) in [5.74, 6) is 0.923. The van der Waals surface area contributed by atoms with Gasteiger partial charge in [0.15, 0.2) is 0 Å². The molecular weight excluding hydrogens is 286 g/mol. The van der Waals surface area contributed by atoms with Crippen LogP contribution in [-0.4, -0.2) is 26.3 Å². The van der Waals surface area contributed by atoms with E-state index >= 15 is 0 Å². The van der Waals surface area contributed by atoms with Crippen LogP contribution in [0.2, 0.25) is 0 Å². The number of aliphatic hydroxyl groups excluding tert-OH is 1. The van der Waals surface area contributed by atoms with E-state index in [2.05, 4.69) is 31.1 Å². The second kappa shape index (κ2) is 5.37. The van der Waals surface area contributed by atoms with Crippen LogP contribution in [0.1, 0.15) is 19.2 Å². The standard InChI is InChI=1S/C11H12BrN3O2/c1-2-9(16)4-10-14-11(15-17-10)7-3-8(12)6-13-5-7/h3,5-6,9,16H,2,4H2,1H3. The minimum absolute atomic E-state index is 0.380. The maximum absolute atomic E-state index is 9.49. The van der Waals surface area contributed by atoms with E-state index in [1.54, 1.807) is 12.4 Å². The normalized spacial score (nSPS) is 12.6. The number of aromatic nitrogens is 3. The second-order valence-electron chi connectivity index (χ2n) is 3.67. The van der Waals surface area contributed by atoms with E-state index in [9.17, 15) is 5.11 Å². The first-order valence-corrected chi connectivity index (χ1v) is 6.10. The van der Waals surface area contributed by atoms with Crippen molar-refractivity contribution < 1.29 is 9.63 Å². The molecule has 0 saturated carbocycles. The first kappa shape index (κ1) is 12.2. The van der Waals surface area contributed by atoms with E-state index in [1.807, 2.05) is 13.0 Å². The Morgan fingerprint density at radius 3 is 3.00 bits per heavy atom. The van der Waals surface area contributed by atoms with Crippen molar-refractivity contribution >= 4 is 15.9 Å². The molecule has 0 fully saturated rings. The highest BCUT2D eigenvalue weighted by Crippen LogP contribution is 2.19. The van der Waals surface area contributed by atoms with E-state index in [4.69, 9.17) is 4.52 Å². The first-order chi connectivity index (χ1) is 8.19. The zero-order valence-electron chi connectivity index (χ0n) is 9.30. The molecule has 0 saturated heterocycles. The van der Waals surface area contributed by atoms with Crippen molar-refractivity contribution in [3.63, 3.8) is 0 Å². The summed E-state index contributed by atoms with van der Waals surface area (Å²) < 4.78 is 5.92. The number of hydrogen-bond acceptors (Lipinski definition) is 5. The van der Waals surface area contributed by atoms with Crippen molar-refractivity contribution in [2.75, 3.05) is 0 Å². The molecular formula is C11H12BrN3O2. The van der Waals surface area contributed by atoms with Gasteiger partial charge in [-0.25, -0.2) is 0 Å². The zero-order chi connectivity index (χ0) is 12.3. The number of halogens is 1. The summed E-state index contributed by atoms with van der Waals surface area (Å²) in [7, 11) is 0. The molecule has 6 heteroatoms. The Morgan fingerprint density at radius 1 is 1.47 bits per heavy atom. The van der Waals surface area contributed by atoms with Crippen LogP contribution in [0.5, 0.6) is 0 Å². The van der Waals surface area contributed by atoms with Gasteiger partial charge in [0, 0.05) is 22.4 Å². The van der Waals surface area contributed by atoms with Gasteiger partial charge in [-0.2, -0.15) is 4.98 Å². The highest BCUT2D eigenvalue weighted by atomic mass is 79.9.